The summed E-state index contributed by atoms with van der Waals surface area (Å²) >= 11 is 0. The fourth-order valence-electron chi connectivity index (χ4n) is 16.8. The third kappa shape index (κ3) is 25.1. The molecule has 4 aliphatic heterocycles. The molecule has 126 heavy (non-hydrogen) atoms. The Labute approximate surface area is 737 Å². The summed E-state index contributed by atoms with van der Waals surface area (Å²) in [5.41, 5.74) is 14.8. The second-order valence-electron chi connectivity index (χ2n) is 35.3. The molecule has 0 bridgehead atoms. The number of fused-ring (bicyclic) bond motifs is 4. The zero-order valence-corrected chi connectivity index (χ0v) is 75.2. The number of Topliss-reactive ketones (excluding diaryl/α,β-unsaturated/α-hetero) is 4. The number of aryl methyl sites for hydroxylation is 9. The van der Waals surface area contributed by atoms with Crippen molar-refractivity contribution < 1.29 is 55.8 Å². The molecule has 20 heteroatoms. The summed E-state index contributed by atoms with van der Waals surface area (Å²) in [4.78, 5) is 107. The van der Waals surface area contributed by atoms with Crippen LogP contribution in [0.2, 0.25) is 0 Å². The Balaban J connectivity index is 0.000000144. The highest BCUT2D eigenvalue weighted by Gasteiger charge is 2.26. The number of ketones is 4. The molecule has 1 atom stereocenters. The number of nitrogens with zero attached hydrogens (tertiary/aromatic N) is 3. The van der Waals surface area contributed by atoms with Gasteiger partial charge in [0.25, 0.3) is 0 Å². The van der Waals surface area contributed by atoms with Gasteiger partial charge in [-0.1, -0.05) is 114 Å². The van der Waals surface area contributed by atoms with Crippen LogP contribution in [0.3, 0.4) is 0 Å². The second kappa shape index (κ2) is 43.0. The predicted octanol–water partition coefficient (Wildman–Crippen LogP) is 17.7. The molecule has 4 aromatic heterocycles. The van der Waals surface area contributed by atoms with Crippen molar-refractivity contribution in [3.63, 3.8) is 0 Å². The average molecular weight is 1710 g/mol. The van der Waals surface area contributed by atoms with E-state index >= 15 is 0 Å². The van der Waals surface area contributed by atoms with Gasteiger partial charge in [-0.25, -0.2) is 19.2 Å². The van der Waals surface area contributed by atoms with Gasteiger partial charge in [-0.3, -0.25) is 19.2 Å². The number of carbonyl (C=O) groups is 4. The SMILES string of the molecule is Cc1ccc(CC(=O)Cc2cc3ccc(OC4CCN(C)CC4)c(C)c3oc2=O)cc1.Cc1ccc(CC(=O)Cc2cc3ccc(OC4CCN(C)CC4)c(C)c3oc2=O)cc1.Cc1ccc(CC(=O)Cc2cc3ccc(OC4CCN(C)CC4)c(C)c3oc2=O)cc1C.Cc1ccc(CC(=O)Cc2cc3ccc(OCCC4CCCCN4)c(C)c3oc2=O)cc1. The van der Waals surface area contributed by atoms with Crippen molar-refractivity contribution in [2.45, 2.75) is 202 Å². The minimum Gasteiger partial charge on any atom is -0.493 e. The fourth-order valence-corrected chi connectivity index (χ4v) is 16.8. The summed E-state index contributed by atoms with van der Waals surface area (Å²) in [6.07, 6.45) is 12.6. The molecular weight excluding hydrogens is 1590 g/mol. The maximum absolute atomic E-state index is 12.6. The zero-order valence-electron chi connectivity index (χ0n) is 75.2. The lowest BCUT2D eigenvalue weighted by atomic mass is 9.99. The first-order chi connectivity index (χ1) is 60.6. The lowest BCUT2D eigenvalue weighted by Gasteiger charge is -2.29. The van der Waals surface area contributed by atoms with Crippen LogP contribution in [0.5, 0.6) is 23.0 Å². The number of ether oxygens (including phenoxy) is 4. The number of likely N-dealkylation sites (tertiary alicyclic amines) is 3. The first-order valence-electron chi connectivity index (χ1n) is 44.5. The molecule has 12 aromatic rings. The molecule has 1 N–H and O–H groups in total. The van der Waals surface area contributed by atoms with Gasteiger partial charge in [0.15, 0.2) is 0 Å². The first-order valence-corrected chi connectivity index (χ1v) is 44.5. The van der Waals surface area contributed by atoms with Crippen molar-refractivity contribution in [3.8, 4) is 23.0 Å². The molecule has 4 aliphatic rings. The van der Waals surface area contributed by atoms with Gasteiger partial charge in [-0.2, -0.15) is 0 Å². The van der Waals surface area contributed by atoms with Crippen LogP contribution >= 0.6 is 0 Å². The van der Waals surface area contributed by atoms with Crippen LogP contribution in [0.1, 0.15) is 159 Å². The molecule has 1 unspecified atom stereocenters. The summed E-state index contributed by atoms with van der Waals surface area (Å²) < 4.78 is 47.2. The van der Waals surface area contributed by atoms with E-state index in [4.69, 9.17) is 36.6 Å². The van der Waals surface area contributed by atoms with Crippen LogP contribution in [-0.2, 0) is 70.5 Å². The monoisotopic (exact) mass is 1700 g/mol. The minimum absolute atomic E-state index is 0.00107. The van der Waals surface area contributed by atoms with Crippen LogP contribution in [0, 0.1) is 62.3 Å². The number of piperidine rings is 4. The number of hydrogen-bond acceptors (Lipinski definition) is 20. The van der Waals surface area contributed by atoms with E-state index in [0.717, 1.165) is 202 Å². The standard InChI is InChI=1S/2C27H31NO4.2C26H29NO4/c1-17-5-6-20(13-18(17)2)14-23(29)16-22-15-21-7-8-25(19(3)26(21)32-27(22)30)31-24-9-11-28(4)12-10-24;1-18-6-8-20(9-7-18)15-24(29)17-22-16-21-10-11-25(19(2)26(21)32-27(22)30)31-14-12-23-5-3-4-13-28-23;2*1-17-4-6-19(7-5-17)14-22(28)16-21-15-20-8-9-24(18(2)25(20)31-26(21)29)30-23-10-12-27(3)13-11-23/h5-8,13,15,24H,9-12,14,16H2,1-4H3;6-11,16,23,28H,3-5,12-15,17H2,1-2H3;2*4-9,15,23H,10-14,16H2,1-3H3. The van der Waals surface area contributed by atoms with Crippen molar-refractivity contribution >= 4 is 67.0 Å². The van der Waals surface area contributed by atoms with E-state index in [1.165, 1.54) is 24.8 Å². The Morgan fingerprint density at radius 2 is 0.627 bits per heavy atom. The van der Waals surface area contributed by atoms with E-state index in [1.54, 1.807) is 24.3 Å². The molecule has 4 saturated heterocycles. The normalized spacial score (nSPS) is 15.5. The number of nitrogens with one attached hydrogen (secondary N) is 1. The van der Waals surface area contributed by atoms with Crippen molar-refractivity contribution in [1.82, 2.24) is 20.0 Å². The number of rotatable bonds is 26. The molecule has 660 valence electrons. The van der Waals surface area contributed by atoms with Crippen molar-refractivity contribution in [1.29, 1.82) is 0 Å². The highest BCUT2D eigenvalue weighted by atomic mass is 16.5. The van der Waals surface area contributed by atoms with Gasteiger partial charge in [0.2, 0.25) is 0 Å². The van der Waals surface area contributed by atoms with Gasteiger partial charge >= 0.3 is 22.5 Å². The Morgan fingerprint density at radius 1 is 0.333 bits per heavy atom. The van der Waals surface area contributed by atoms with Crippen LogP contribution in [0.4, 0.5) is 0 Å². The summed E-state index contributed by atoms with van der Waals surface area (Å²) in [7, 11) is 6.36. The quantitative estimate of drug-likeness (QED) is 0.0495. The number of benzene rings is 8. The third-order valence-electron chi connectivity index (χ3n) is 24.8. The Morgan fingerprint density at radius 3 is 0.929 bits per heavy atom. The molecule has 0 saturated carbocycles. The number of hydrogen-bond donors (Lipinski definition) is 1. The molecule has 20 nitrogen and oxygen atoms in total. The average Bonchev–Trinajstić information content (AvgIpc) is 0.801. The largest absolute Gasteiger partial charge is 0.493 e. The molecule has 8 aromatic carbocycles. The third-order valence-corrected chi connectivity index (χ3v) is 24.8. The van der Waals surface area contributed by atoms with Gasteiger partial charge in [-0.05, 0) is 254 Å². The number of carbonyl (C=O) groups excluding carboxylic acids is 4. The Kier molecular flexibility index (Phi) is 31.4. The summed E-state index contributed by atoms with van der Waals surface area (Å²) in [5.74, 6) is 2.99. The highest BCUT2D eigenvalue weighted by molar-refractivity contribution is 5.90. The van der Waals surface area contributed by atoms with E-state index in [1.807, 2.05) is 202 Å². The predicted molar refractivity (Wildman–Crippen MR) is 497 cm³/mol. The lowest BCUT2D eigenvalue weighted by Crippen LogP contribution is -2.35. The van der Waals surface area contributed by atoms with Crippen molar-refractivity contribution in [2.75, 3.05) is 73.6 Å². The van der Waals surface area contributed by atoms with E-state index in [2.05, 4.69) is 41.2 Å². The molecule has 16 rings (SSSR count). The van der Waals surface area contributed by atoms with Crippen LogP contribution < -0.4 is 46.8 Å². The van der Waals surface area contributed by atoms with Gasteiger partial charge in [0.1, 0.15) is 86.8 Å². The van der Waals surface area contributed by atoms with Crippen molar-refractivity contribution in [2.24, 2.45) is 0 Å². The zero-order chi connectivity index (χ0) is 89.2. The Hall–Kier alpha value is -11.7. The minimum atomic E-state index is -0.457. The van der Waals surface area contributed by atoms with E-state index in [0.29, 0.717) is 82.9 Å². The maximum Gasteiger partial charge on any atom is 0.339 e. The van der Waals surface area contributed by atoms with Crippen LogP contribution in [-0.4, -0.2) is 136 Å². The molecule has 0 amide bonds. The van der Waals surface area contributed by atoms with Gasteiger partial charge < -0.3 is 56.6 Å². The van der Waals surface area contributed by atoms with E-state index in [9.17, 15) is 38.4 Å². The smallest absolute Gasteiger partial charge is 0.339 e. The molecule has 4 fully saturated rings. The van der Waals surface area contributed by atoms with Crippen LogP contribution in [0.25, 0.3) is 43.9 Å². The molecule has 0 radical (unpaired) electrons. The molecule has 8 heterocycles. The summed E-state index contributed by atoms with van der Waals surface area (Å²) in [6, 6.07) is 52.6. The first kappa shape index (κ1) is 92.0. The van der Waals surface area contributed by atoms with E-state index in [-0.39, 0.29) is 67.1 Å². The lowest BCUT2D eigenvalue weighted by molar-refractivity contribution is -0.118. The highest BCUT2D eigenvalue weighted by Crippen LogP contribution is 2.35. The van der Waals surface area contributed by atoms with Crippen LogP contribution in [0.15, 0.2) is 201 Å². The second-order valence-corrected chi connectivity index (χ2v) is 35.3. The molecule has 0 aliphatic carbocycles. The molecule has 0 spiro atoms. The molecular formula is C106H120N4O16. The van der Waals surface area contributed by atoms with E-state index < -0.39 is 22.5 Å². The fraction of sp³-hybridized carbons (Fsp3) is 0.396. The van der Waals surface area contributed by atoms with Crippen molar-refractivity contribution in [3.05, 3.63) is 300 Å². The summed E-state index contributed by atoms with van der Waals surface area (Å²) in [5, 5.41) is 6.77. The topological polar surface area (TPSA) is 248 Å². The maximum atomic E-state index is 12.6. The van der Waals surface area contributed by atoms with Gasteiger partial charge in [-0.15, -0.1) is 0 Å². The Bertz CT molecular complexity index is 5930. The van der Waals surface area contributed by atoms with Gasteiger partial charge in [0.05, 0.1) is 6.61 Å². The summed E-state index contributed by atoms with van der Waals surface area (Å²) in [6.45, 7) is 25.6. The van der Waals surface area contributed by atoms with Gasteiger partial charge in [0, 0.05) is 163 Å².